The number of hydrogen-bond acceptors (Lipinski definition) is 2. The Bertz CT molecular complexity index is 258. The number of carboxylic acids is 1. The lowest BCUT2D eigenvalue weighted by atomic mass is 10.1. The zero-order chi connectivity index (χ0) is 8.27. The maximum Gasteiger partial charge on any atom is 0.335 e. The molecule has 1 rings (SSSR count). The summed E-state index contributed by atoms with van der Waals surface area (Å²) < 4.78 is 0. The number of rotatable bonds is 2. The first-order valence-electron chi connectivity index (χ1n) is 3.26. The Morgan fingerprint density at radius 2 is 1.83 bits per heavy atom. The number of hydrogen-bond donors (Lipinski definition) is 2. The third kappa shape index (κ3) is 2.78. The molecule has 12 heavy (non-hydrogen) atoms. The van der Waals surface area contributed by atoms with Crippen LogP contribution >= 0.6 is 24.0 Å². The zero-order valence-electron chi connectivity index (χ0n) is 6.36. The molecule has 0 aromatic heterocycles. The van der Waals surface area contributed by atoms with E-state index in [9.17, 15) is 4.79 Å². The Kier molecular flexibility index (Phi) is 4.84. The van der Waals surface area contributed by atoms with E-state index in [1.807, 2.05) is 0 Å². The van der Waals surface area contributed by atoms with Crippen LogP contribution in [-0.4, -0.2) is 11.1 Å². The summed E-state index contributed by atoms with van der Waals surface area (Å²) in [5.74, 6) is -0.909. The summed E-state index contributed by atoms with van der Waals surface area (Å²) in [6.45, 7) is 0.444. The fraction of sp³-hybridized carbons (Fsp3) is 0.125. The van der Waals surface area contributed by atoms with E-state index in [0.29, 0.717) is 12.1 Å². The predicted molar refractivity (Wildman–Crippen MR) is 56.7 cm³/mol. The van der Waals surface area contributed by atoms with Crippen molar-refractivity contribution in [1.82, 2.24) is 0 Å². The van der Waals surface area contributed by atoms with Gasteiger partial charge in [-0.25, -0.2) is 4.79 Å². The lowest BCUT2D eigenvalue weighted by Crippen LogP contribution is -1.99. The molecule has 0 amide bonds. The Hall–Kier alpha value is -0.620. The fourth-order valence-electron chi connectivity index (χ4n) is 0.783. The van der Waals surface area contributed by atoms with Crippen LogP contribution in [0.4, 0.5) is 0 Å². The third-order valence-corrected chi connectivity index (χ3v) is 1.44. The number of benzene rings is 1. The van der Waals surface area contributed by atoms with Gasteiger partial charge in [0.15, 0.2) is 0 Å². The largest absolute Gasteiger partial charge is 0.478 e. The zero-order valence-corrected chi connectivity index (χ0v) is 8.69. The molecule has 0 fully saturated rings. The van der Waals surface area contributed by atoms with Gasteiger partial charge in [0, 0.05) is 6.54 Å². The molecule has 3 N–H and O–H groups in total. The van der Waals surface area contributed by atoms with Crippen molar-refractivity contribution >= 4 is 29.9 Å². The van der Waals surface area contributed by atoms with Crippen LogP contribution in [0.15, 0.2) is 24.3 Å². The molecule has 0 spiro atoms. The van der Waals surface area contributed by atoms with E-state index in [1.54, 1.807) is 24.3 Å². The van der Waals surface area contributed by atoms with Crippen molar-refractivity contribution in [3.8, 4) is 0 Å². The van der Waals surface area contributed by atoms with Crippen molar-refractivity contribution in [3.05, 3.63) is 35.4 Å². The molecule has 0 unspecified atom stereocenters. The van der Waals surface area contributed by atoms with Crippen LogP contribution in [0, 0.1) is 0 Å². The Morgan fingerprint density at radius 1 is 1.33 bits per heavy atom. The topological polar surface area (TPSA) is 63.3 Å². The Balaban J connectivity index is 0.00000121. The van der Waals surface area contributed by atoms with Gasteiger partial charge >= 0.3 is 5.97 Å². The van der Waals surface area contributed by atoms with E-state index in [1.165, 1.54) is 0 Å². The molecule has 0 aliphatic rings. The highest BCUT2D eigenvalue weighted by molar-refractivity contribution is 14.0. The molecule has 0 aliphatic carbocycles. The number of nitrogens with two attached hydrogens (primary N) is 1. The lowest BCUT2D eigenvalue weighted by Gasteiger charge is -1.96. The van der Waals surface area contributed by atoms with E-state index in [-0.39, 0.29) is 24.0 Å². The van der Waals surface area contributed by atoms with Gasteiger partial charge in [0.2, 0.25) is 0 Å². The van der Waals surface area contributed by atoms with Gasteiger partial charge in [-0.2, -0.15) is 0 Å². The summed E-state index contributed by atoms with van der Waals surface area (Å²) in [7, 11) is 0. The van der Waals surface area contributed by atoms with Gasteiger partial charge in [0.05, 0.1) is 5.56 Å². The monoisotopic (exact) mass is 279 g/mol. The molecule has 0 saturated carbocycles. The molecule has 3 nitrogen and oxygen atoms in total. The maximum atomic E-state index is 10.4. The highest BCUT2D eigenvalue weighted by Gasteiger charge is 1.99. The van der Waals surface area contributed by atoms with Gasteiger partial charge in [0.1, 0.15) is 0 Å². The molecule has 0 heterocycles. The van der Waals surface area contributed by atoms with Crippen LogP contribution < -0.4 is 5.73 Å². The predicted octanol–water partition coefficient (Wildman–Crippen LogP) is 1.46. The van der Waals surface area contributed by atoms with Crippen LogP contribution in [-0.2, 0) is 6.54 Å². The molecular weight excluding hydrogens is 269 g/mol. The molecule has 1 aromatic carbocycles. The SMILES string of the molecule is I.NCc1ccc(C(=O)O)cc1. The van der Waals surface area contributed by atoms with E-state index in [4.69, 9.17) is 10.8 Å². The molecular formula is C8H10INO2. The summed E-state index contributed by atoms with van der Waals surface area (Å²) in [5, 5.41) is 8.52. The number of halogens is 1. The van der Waals surface area contributed by atoms with Gasteiger partial charge in [-0.15, -0.1) is 24.0 Å². The summed E-state index contributed by atoms with van der Waals surface area (Å²) in [5.41, 5.74) is 6.56. The second kappa shape index (κ2) is 5.10. The van der Waals surface area contributed by atoms with Crippen LogP contribution in [0.2, 0.25) is 0 Å². The van der Waals surface area contributed by atoms with Gasteiger partial charge in [-0.05, 0) is 17.7 Å². The van der Waals surface area contributed by atoms with Crippen molar-refractivity contribution < 1.29 is 9.90 Å². The first-order valence-corrected chi connectivity index (χ1v) is 3.26. The molecule has 4 heteroatoms. The molecule has 0 bridgehead atoms. The minimum absolute atomic E-state index is 0. The van der Waals surface area contributed by atoms with Crippen molar-refractivity contribution in [1.29, 1.82) is 0 Å². The van der Waals surface area contributed by atoms with Crippen molar-refractivity contribution in [2.24, 2.45) is 5.73 Å². The molecule has 0 aliphatic heterocycles. The minimum Gasteiger partial charge on any atom is -0.478 e. The summed E-state index contributed by atoms with van der Waals surface area (Å²) in [4.78, 5) is 10.4. The highest BCUT2D eigenvalue weighted by atomic mass is 127. The van der Waals surface area contributed by atoms with Gasteiger partial charge in [0.25, 0.3) is 0 Å². The smallest absolute Gasteiger partial charge is 0.335 e. The second-order valence-electron chi connectivity index (χ2n) is 2.21. The molecule has 0 atom stereocenters. The average molecular weight is 279 g/mol. The highest BCUT2D eigenvalue weighted by Crippen LogP contribution is 2.02. The number of carboxylic acid groups (broad SMARTS) is 1. The van der Waals surface area contributed by atoms with Crippen LogP contribution in [0.1, 0.15) is 15.9 Å². The van der Waals surface area contributed by atoms with Gasteiger partial charge in [-0.3, -0.25) is 0 Å². The quantitative estimate of drug-likeness (QED) is 0.806. The molecule has 66 valence electrons. The van der Waals surface area contributed by atoms with E-state index < -0.39 is 5.97 Å². The van der Waals surface area contributed by atoms with Gasteiger partial charge in [-0.1, -0.05) is 12.1 Å². The first-order chi connectivity index (χ1) is 5.24. The summed E-state index contributed by atoms with van der Waals surface area (Å²) in [6.07, 6.45) is 0. The second-order valence-corrected chi connectivity index (χ2v) is 2.21. The first kappa shape index (κ1) is 11.4. The fourth-order valence-corrected chi connectivity index (χ4v) is 0.783. The number of aromatic carboxylic acids is 1. The molecule has 0 radical (unpaired) electrons. The van der Waals surface area contributed by atoms with Crippen LogP contribution in [0.3, 0.4) is 0 Å². The third-order valence-electron chi connectivity index (χ3n) is 1.44. The number of carbonyl (C=O) groups is 1. The van der Waals surface area contributed by atoms with Crippen molar-refractivity contribution in [2.45, 2.75) is 6.54 Å². The van der Waals surface area contributed by atoms with Crippen LogP contribution in [0.5, 0.6) is 0 Å². The standard InChI is InChI=1S/C8H9NO2.HI/c9-5-6-1-3-7(4-2-6)8(10)11;/h1-4H,5,9H2,(H,10,11);1H. The molecule has 0 saturated heterocycles. The molecule has 1 aromatic rings. The van der Waals surface area contributed by atoms with E-state index >= 15 is 0 Å². The lowest BCUT2D eigenvalue weighted by molar-refractivity contribution is 0.0697. The average Bonchev–Trinajstić information content (AvgIpc) is 2.05. The minimum atomic E-state index is -0.909. The van der Waals surface area contributed by atoms with E-state index in [2.05, 4.69) is 0 Å². The Labute approximate surface area is 87.6 Å². The Morgan fingerprint density at radius 3 is 2.17 bits per heavy atom. The maximum absolute atomic E-state index is 10.4. The van der Waals surface area contributed by atoms with Crippen molar-refractivity contribution in [2.75, 3.05) is 0 Å². The van der Waals surface area contributed by atoms with Crippen molar-refractivity contribution in [3.63, 3.8) is 0 Å². The normalized spacial score (nSPS) is 8.75. The van der Waals surface area contributed by atoms with E-state index in [0.717, 1.165) is 5.56 Å². The summed E-state index contributed by atoms with van der Waals surface area (Å²) in [6, 6.07) is 6.52. The van der Waals surface area contributed by atoms with Crippen LogP contribution in [0.25, 0.3) is 0 Å². The summed E-state index contributed by atoms with van der Waals surface area (Å²) >= 11 is 0. The van der Waals surface area contributed by atoms with Gasteiger partial charge < -0.3 is 10.8 Å².